The van der Waals surface area contributed by atoms with Gasteiger partial charge in [0.15, 0.2) is 0 Å². The van der Waals surface area contributed by atoms with Crippen LogP contribution in [0.15, 0.2) is 34.3 Å². The molecule has 23 heavy (non-hydrogen) atoms. The van der Waals surface area contributed by atoms with Crippen LogP contribution in [0.1, 0.15) is 54.9 Å². The van der Waals surface area contributed by atoms with E-state index >= 15 is 0 Å². The molecule has 1 saturated heterocycles. The fourth-order valence-electron chi connectivity index (χ4n) is 4.32. The van der Waals surface area contributed by atoms with Crippen LogP contribution in [0.25, 0.3) is 0 Å². The van der Waals surface area contributed by atoms with Gasteiger partial charge in [0, 0.05) is 18.0 Å². The predicted molar refractivity (Wildman–Crippen MR) is 97.3 cm³/mol. The second kappa shape index (κ2) is 6.40. The number of likely N-dealkylation sites (tertiary alicyclic amines) is 1. The van der Waals surface area contributed by atoms with E-state index in [1.807, 2.05) is 0 Å². The van der Waals surface area contributed by atoms with Crippen LogP contribution in [0.4, 0.5) is 0 Å². The lowest BCUT2D eigenvalue weighted by Gasteiger charge is -2.38. The summed E-state index contributed by atoms with van der Waals surface area (Å²) in [7, 11) is 0. The molecular formula is C19H23NOS2. The van der Waals surface area contributed by atoms with Gasteiger partial charge in [0.2, 0.25) is 5.91 Å². The van der Waals surface area contributed by atoms with Crippen LogP contribution in [0.5, 0.6) is 0 Å². The highest BCUT2D eigenvalue weighted by Gasteiger charge is 2.46. The number of nitrogens with zero attached hydrogens (tertiary/aromatic N) is 1. The van der Waals surface area contributed by atoms with Crippen molar-refractivity contribution in [3.05, 3.63) is 44.8 Å². The van der Waals surface area contributed by atoms with E-state index in [-0.39, 0.29) is 5.41 Å². The Hall–Kier alpha value is -1.13. The minimum atomic E-state index is -0.205. The molecule has 0 N–H and O–H groups in total. The van der Waals surface area contributed by atoms with Crippen LogP contribution in [0.3, 0.4) is 0 Å². The minimum absolute atomic E-state index is 0.205. The Labute approximate surface area is 146 Å². The van der Waals surface area contributed by atoms with Gasteiger partial charge in [-0.3, -0.25) is 4.79 Å². The number of hydrogen-bond acceptors (Lipinski definition) is 3. The van der Waals surface area contributed by atoms with Crippen LogP contribution >= 0.6 is 22.7 Å². The zero-order chi connectivity index (χ0) is 15.7. The molecule has 0 unspecified atom stereocenters. The highest BCUT2D eigenvalue weighted by molar-refractivity contribution is 7.10. The first kappa shape index (κ1) is 15.4. The largest absolute Gasteiger partial charge is 0.342 e. The molecule has 4 rings (SSSR count). The molecule has 1 aliphatic carbocycles. The van der Waals surface area contributed by atoms with Crippen molar-refractivity contribution < 1.29 is 4.79 Å². The number of carbonyl (C=O) groups is 1. The van der Waals surface area contributed by atoms with E-state index in [0.717, 1.165) is 38.8 Å². The van der Waals surface area contributed by atoms with Crippen LogP contribution in [-0.2, 0) is 10.2 Å². The lowest BCUT2D eigenvalue weighted by Crippen LogP contribution is -2.48. The van der Waals surface area contributed by atoms with E-state index in [1.165, 1.54) is 23.3 Å². The molecule has 2 aromatic rings. The summed E-state index contributed by atoms with van der Waals surface area (Å²) in [5.74, 6) is 1.05. The van der Waals surface area contributed by atoms with Gasteiger partial charge in [-0.05, 0) is 65.4 Å². The quantitative estimate of drug-likeness (QED) is 0.764. The lowest BCUT2D eigenvalue weighted by molar-refractivity contribution is -0.138. The van der Waals surface area contributed by atoms with Gasteiger partial charge in [0.1, 0.15) is 0 Å². The summed E-state index contributed by atoms with van der Waals surface area (Å²) in [4.78, 5) is 16.8. The molecule has 4 heteroatoms. The van der Waals surface area contributed by atoms with Gasteiger partial charge >= 0.3 is 0 Å². The fourth-order valence-corrected chi connectivity index (χ4v) is 6.04. The third-order valence-electron chi connectivity index (χ3n) is 5.66. The van der Waals surface area contributed by atoms with E-state index in [2.05, 4.69) is 39.2 Å². The molecule has 1 amide bonds. The summed E-state index contributed by atoms with van der Waals surface area (Å²) in [5, 5.41) is 6.55. The number of thiophene rings is 2. The highest BCUT2D eigenvalue weighted by Crippen LogP contribution is 2.45. The average molecular weight is 346 g/mol. The molecule has 2 aromatic heterocycles. The molecule has 0 atom stereocenters. The summed E-state index contributed by atoms with van der Waals surface area (Å²) >= 11 is 3.54. The van der Waals surface area contributed by atoms with E-state index < -0.39 is 0 Å². The molecule has 3 heterocycles. The van der Waals surface area contributed by atoms with Crippen LogP contribution in [0.2, 0.25) is 0 Å². The van der Waals surface area contributed by atoms with E-state index in [1.54, 1.807) is 22.7 Å². The van der Waals surface area contributed by atoms with Crippen molar-refractivity contribution in [2.45, 2.75) is 49.9 Å². The second-order valence-corrected chi connectivity index (χ2v) is 8.62. The maximum atomic E-state index is 13.3. The van der Waals surface area contributed by atoms with Gasteiger partial charge in [-0.1, -0.05) is 18.9 Å². The average Bonchev–Trinajstić information content (AvgIpc) is 3.36. The molecule has 1 saturated carbocycles. The van der Waals surface area contributed by atoms with Crippen molar-refractivity contribution in [2.75, 3.05) is 13.1 Å². The zero-order valence-corrected chi connectivity index (χ0v) is 15.0. The number of rotatable bonds is 3. The third-order valence-corrected chi connectivity index (χ3v) is 7.43. The summed E-state index contributed by atoms with van der Waals surface area (Å²) in [6.07, 6.45) is 6.68. The van der Waals surface area contributed by atoms with Gasteiger partial charge in [-0.15, -0.1) is 11.3 Å². The van der Waals surface area contributed by atoms with Crippen LogP contribution in [-0.4, -0.2) is 23.9 Å². The van der Waals surface area contributed by atoms with Crippen molar-refractivity contribution in [1.82, 2.24) is 4.90 Å². The standard InChI is InChI=1S/C19H23NOS2/c21-18(19(8-1-2-9-19)17-4-3-12-23-17)20-10-5-15(6-11-20)16-7-13-22-14-16/h3-4,7,12-15H,1-2,5-6,8-11H2. The first-order valence-electron chi connectivity index (χ1n) is 8.65. The molecular weight excluding hydrogens is 322 g/mol. The predicted octanol–water partition coefficient (Wildman–Crippen LogP) is 5.03. The molecule has 2 aliphatic rings. The van der Waals surface area contributed by atoms with E-state index in [4.69, 9.17) is 0 Å². The SMILES string of the molecule is O=C(N1CCC(c2ccsc2)CC1)C1(c2cccs2)CCCC1. The van der Waals surface area contributed by atoms with E-state index in [9.17, 15) is 4.79 Å². The van der Waals surface area contributed by atoms with Crippen molar-refractivity contribution in [2.24, 2.45) is 0 Å². The Kier molecular flexibility index (Phi) is 4.29. The number of amides is 1. The molecule has 1 aliphatic heterocycles. The van der Waals surface area contributed by atoms with Crippen molar-refractivity contribution in [1.29, 1.82) is 0 Å². The second-order valence-electron chi connectivity index (χ2n) is 6.89. The number of hydrogen-bond donors (Lipinski definition) is 0. The summed E-state index contributed by atoms with van der Waals surface area (Å²) in [6.45, 7) is 1.85. The smallest absolute Gasteiger partial charge is 0.234 e. The molecule has 0 aromatic carbocycles. The Morgan fingerprint density at radius 2 is 1.91 bits per heavy atom. The summed E-state index contributed by atoms with van der Waals surface area (Å²) < 4.78 is 0. The first-order chi connectivity index (χ1) is 11.3. The molecule has 0 radical (unpaired) electrons. The van der Waals surface area contributed by atoms with Gasteiger partial charge in [0.25, 0.3) is 0 Å². The Morgan fingerprint density at radius 3 is 2.52 bits per heavy atom. The Balaban J connectivity index is 1.49. The van der Waals surface area contributed by atoms with Gasteiger partial charge in [-0.25, -0.2) is 0 Å². The first-order valence-corrected chi connectivity index (χ1v) is 10.5. The molecule has 2 nitrogen and oxygen atoms in total. The maximum Gasteiger partial charge on any atom is 0.234 e. The van der Waals surface area contributed by atoms with Gasteiger partial charge in [-0.2, -0.15) is 11.3 Å². The summed E-state index contributed by atoms with van der Waals surface area (Å²) in [6, 6.07) is 6.51. The maximum absolute atomic E-state index is 13.3. The molecule has 2 fully saturated rings. The van der Waals surface area contributed by atoms with Crippen molar-refractivity contribution in [3.8, 4) is 0 Å². The zero-order valence-electron chi connectivity index (χ0n) is 13.4. The number of piperidine rings is 1. The minimum Gasteiger partial charge on any atom is -0.342 e. The normalized spacial score (nSPS) is 21.7. The number of carbonyl (C=O) groups excluding carboxylic acids is 1. The Morgan fingerprint density at radius 1 is 1.13 bits per heavy atom. The molecule has 0 bridgehead atoms. The third kappa shape index (κ3) is 2.76. The van der Waals surface area contributed by atoms with Crippen LogP contribution < -0.4 is 0 Å². The van der Waals surface area contributed by atoms with Crippen LogP contribution in [0, 0.1) is 0 Å². The summed E-state index contributed by atoms with van der Waals surface area (Å²) in [5.41, 5.74) is 1.26. The van der Waals surface area contributed by atoms with Crippen molar-refractivity contribution in [3.63, 3.8) is 0 Å². The van der Waals surface area contributed by atoms with Crippen molar-refractivity contribution >= 4 is 28.6 Å². The molecule has 0 spiro atoms. The highest BCUT2D eigenvalue weighted by atomic mass is 32.1. The van der Waals surface area contributed by atoms with E-state index in [0.29, 0.717) is 11.8 Å². The van der Waals surface area contributed by atoms with Gasteiger partial charge in [0.05, 0.1) is 5.41 Å². The topological polar surface area (TPSA) is 20.3 Å². The Bertz CT molecular complexity index is 633. The lowest BCUT2D eigenvalue weighted by atomic mass is 9.81. The van der Waals surface area contributed by atoms with Gasteiger partial charge < -0.3 is 4.90 Å². The molecule has 122 valence electrons. The fraction of sp³-hybridized carbons (Fsp3) is 0.526. The monoisotopic (exact) mass is 345 g/mol.